The van der Waals surface area contributed by atoms with E-state index in [0.717, 1.165) is 18.5 Å². The molecule has 1 aromatic heterocycles. The van der Waals surface area contributed by atoms with Crippen molar-refractivity contribution in [2.24, 2.45) is 0 Å². The normalized spacial score (nSPS) is 12.6. The molecule has 90 valence electrons. The monoisotopic (exact) mass is 249 g/mol. The van der Waals surface area contributed by atoms with Gasteiger partial charge >= 0.3 is 0 Å². The van der Waals surface area contributed by atoms with Gasteiger partial charge in [-0.25, -0.2) is 4.39 Å². The van der Waals surface area contributed by atoms with E-state index in [-0.39, 0.29) is 11.9 Å². The van der Waals surface area contributed by atoms with Gasteiger partial charge in [-0.05, 0) is 23.9 Å². The molecule has 0 saturated heterocycles. The van der Waals surface area contributed by atoms with Gasteiger partial charge in [0.05, 0.1) is 0 Å². The largest absolute Gasteiger partial charge is 0.305 e. The molecule has 1 nitrogen and oxygen atoms in total. The van der Waals surface area contributed by atoms with Gasteiger partial charge in [-0.2, -0.15) is 0 Å². The minimum atomic E-state index is -0.127. The number of halogens is 1. The second-order valence-electron chi connectivity index (χ2n) is 3.94. The summed E-state index contributed by atoms with van der Waals surface area (Å²) in [5.41, 5.74) is 0.756. The summed E-state index contributed by atoms with van der Waals surface area (Å²) in [6, 6.07) is 11.2. The predicted molar refractivity (Wildman–Crippen MR) is 70.6 cm³/mol. The summed E-state index contributed by atoms with van der Waals surface area (Å²) < 4.78 is 13.7. The topological polar surface area (TPSA) is 12.0 Å². The van der Waals surface area contributed by atoms with Crippen molar-refractivity contribution in [3.05, 3.63) is 58.0 Å². The maximum Gasteiger partial charge on any atom is 0.127 e. The lowest BCUT2D eigenvalue weighted by molar-refractivity contribution is 0.490. The first-order valence-electron chi connectivity index (χ1n) is 5.81. The Labute approximate surface area is 105 Å². The molecule has 0 spiro atoms. The summed E-state index contributed by atoms with van der Waals surface area (Å²) in [6.07, 6.45) is 0.881. The molecule has 2 aromatic rings. The molecule has 0 aliphatic carbocycles. The fourth-order valence-corrected chi connectivity index (χ4v) is 2.52. The van der Waals surface area contributed by atoms with Gasteiger partial charge < -0.3 is 5.32 Å². The van der Waals surface area contributed by atoms with Crippen LogP contribution in [0.15, 0.2) is 41.8 Å². The molecule has 1 heterocycles. The van der Waals surface area contributed by atoms with Crippen LogP contribution in [0.4, 0.5) is 4.39 Å². The maximum atomic E-state index is 13.7. The zero-order chi connectivity index (χ0) is 12.1. The lowest BCUT2D eigenvalue weighted by Crippen LogP contribution is -2.20. The molecule has 1 N–H and O–H groups in total. The van der Waals surface area contributed by atoms with Crippen molar-refractivity contribution in [1.82, 2.24) is 5.32 Å². The highest BCUT2D eigenvalue weighted by molar-refractivity contribution is 7.09. The number of hydrogen-bond donors (Lipinski definition) is 1. The van der Waals surface area contributed by atoms with Gasteiger partial charge in [-0.1, -0.05) is 31.2 Å². The number of rotatable bonds is 5. The lowest BCUT2D eigenvalue weighted by atomic mass is 10.0. The van der Waals surface area contributed by atoms with Crippen LogP contribution in [-0.2, 0) is 6.54 Å². The van der Waals surface area contributed by atoms with Gasteiger partial charge in [-0.15, -0.1) is 11.3 Å². The van der Waals surface area contributed by atoms with E-state index in [1.165, 1.54) is 10.9 Å². The van der Waals surface area contributed by atoms with Crippen molar-refractivity contribution in [2.75, 3.05) is 0 Å². The molecule has 17 heavy (non-hydrogen) atoms. The van der Waals surface area contributed by atoms with Gasteiger partial charge in [0.25, 0.3) is 0 Å². The predicted octanol–water partition coefficient (Wildman–Crippen LogP) is 4.13. The van der Waals surface area contributed by atoms with E-state index in [4.69, 9.17) is 0 Å². The molecular weight excluding hydrogens is 233 g/mol. The standard InChI is InChI=1S/C14H16FNS/c1-2-14(12-7-3-4-8-13(12)15)16-10-11-6-5-9-17-11/h3-9,14,16H,2,10H2,1H3. The van der Waals surface area contributed by atoms with Crippen molar-refractivity contribution in [2.45, 2.75) is 25.9 Å². The van der Waals surface area contributed by atoms with E-state index in [0.29, 0.717) is 0 Å². The van der Waals surface area contributed by atoms with Gasteiger partial charge in [0.15, 0.2) is 0 Å². The molecule has 2 rings (SSSR count). The third kappa shape index (κ3) is 3.14. The Morgan fingerprint density at radius 1 is 1.24 bits per heavy atom. The first-order chi connectivity index (χ1) is 8.31. The Kier molecular flexibility index (Phi) is 4.29. The molecular formula is C14H16FNS. The van der Waals surface area contributed by atoms with Gasteiger partial charge in [0, 0.05) is 23.0 Å². The van der Waals surface area contributed by atoms with Gasteiger partial charge in [-0.3, -0.25) is 0 Å². The Morgan fingerprint density at radius 3 is 2.71 bits per heavy atom. The molecule has 0 aliphatic heterocycles. The summed E-state index contributed by atoms with van der Waals surface area (Å²) >= 11 is 1.72. The number of hydrogen-bond acceptors (Lipinski definition) is 2. The van der Waals surface area contributed by atoms with Crippen molar-refractivity contribution < 1.29 is 4.39 Å². The fraction of sp³-hybridized carbons (Fsp3) is 0.286. The van der Waals surface area contributed by atoms with Crippen molar-refractivity contribution in [3.63, 3.8) is 0 Å². The fourth-order valence-electron chi connectivity index (χ4n) is 1.87. The molecule has 0 radical (unpaired) electrons. The first-order valence-corrected chi connectivity index (χ1v) is 6.69. The Morgan fingerprint density at radius 2 is 2.06 bits per heavy atom. The van der Waals surface area contributed by atoms with E-state index >= 15 is 0 Å². The Hall–Kier alpha value is -1.19. The van der Waals surface area contributed by atoms with Gasteiger partial charge in [0.2, 0.25) is 0 Å². The highest BCUT2D eigenvalue weighted by atomic mass is 32.1. The van der Waals surface area contributed by atoms with Crippen molar-refractivity contribution in [3.8, 4) is 0 Å². The zero-order valence-corrected chi connectivity index (χ0v) is 10.6. The minimum Gasteiger partial charge on any atom is -0.305 e. The third-order valence-electron chi connectivity index (χ3n) is 2.79. The summed E-state index contributed by atoms with van der Waals surface area (Å²) in [6.45, 7) is 2.86. The van der Waals surface area contributed by atoms with Crippen LogP contribution >= 0.6 is 11.3 Å². The molecule has 1 unspecified atom stereocenters. The van der Waals surface area contributed by atoms with Gasteiger partial charge in [0.1, 0.15) is 5.82 Å². The van der Waals surface area contributed by atoms with Crippen LogP contribution in [0, 0.1) is 5.82 Å². The summed E-state index contributed by atoms with van der Waals surface area (Å²) in [7, 11) is 0. The number of benzene rings is 1. The quantitative estimate of drug-likeness (QED) is 0.840. The summed E-state index contributed by atoms with van der Waals surface area (Å²) in [4.78, 5) is 1.28. The number of thiophene rings is 1. The SMILES string of the molecule is CCC(NCc1cccs1)c1ccccc1F. The van der Waals surface area contributed by atoms with E-state index in [2.05, 4.69) is 23.7 Å². The van der Waals surface area contributed by atoms with Crippen LogP contribution in [0.5, 0.6) is 0 Å². The molecule has 0 saturated carbocycles. The summed E-state index contributed by atoms with van der Waals surface area (Å²) in [5.74, 6) is -0.127. The van der Waals surface area contributed by atoms with Crippen molar-refractivity contribution >= 4 is 11.3 Å². The molecule has 3 heteroatoms. The van der Waals surface area contributed by atoms with E-state index in [1.807, 2.05) is 18.2 Å². The minimum absolute atomic E-state index is 0.0818. The van der Waals surface area contributed by atoms with Crippen LogP contribution in [0.25, 0.3) is 0 Å². The van der Waals surface area contributed by atoms with Crippen molar-refractivity contribution in [1.29, 1.82) is 0 Å². The van der Waals surface area contributed by atoms with Crippen LogP contribution in [0.3, 0.4) is 0 Å². The molecule has 1 atom stereocenters. The molecule has 0 aliphatic rings. The smallest absolute Gasteiger partial charge is 0.127 e. The van der Waals surface area contributed by atoms with E-state index in [9.17, 15) is 4.39 Å². The second-order valence-corrected chi connectivity index (χ2v) is 4.97. The average molecular weight is 249 g/mol. The average Bonchev–Trinajstić information content (AvgIpc) is 2.85. The Bertz CT molecular complexity index is 453. The highest BCUT2D eigenvalue weighted by Gasteiger charge is 2.12. The molecule has 0 bridgehead atoms. The Balaban J connectivity index is 2.04. The molecule has 1 aromatic carbocycles. The third-order valence-corrected chi connectivity index (χ3v) is 3.67. The van der Waals surface area contributed by atoms with Crippen LogP contribution in [-0.4, -0.2) is 0 Å². The van der Waals surface area contributed by atoms with E-state index < -0.39 is 0 Å². The van der Waals surface area contributed by atoms with Crippen LogP contribution in [0.1, 0.15) is 29.8 Å². The van der Waals surface area contributed by atoms with Crippen LogP contribution in [0.2, 0.25) is 0 Å². The lowest BCUT2D eigenvalue weighted by Gasteiger charge is -2.17. The highest BCUT2D eigenvalue weighted by Crippen LogP contribution is 2.20. The maximum absolute atomic E-state index is 13.7. The van der Waals surface area contributed by atoms with E-state index in [1.54, 1.807) is 17.4 Å². The van der Waals surface area contributed by atoms with Crippen LogP contribution < -0.4 is 5.32 Å². The first kappa shape index (κ1) is 12.3. The zero-order valence-electron chi connectivity index (χ0n) is 9.82. The second kappa shape index (κ2) is 5.94. The molecule has 0 fully saturated rings. The number of nitrogens with one attached hydrogen (secondary N) is 1. The molecule has 0 amide bonds. The summed E-state index contributed by atoms with van der Waals surface area (Å²) in [5, 5.41) is 5.46.